The molecule has 21 heavy (non-hydrogen) atoms. The summed E-state index contributed by atoms with van der Waals surface area (Å²) in [5.41, 5.74) is -0.910. The number of likely N-dealkylation sites (tertiary alicyclic amines) is 1. The van der Waals surface area contributed by atoms with Gasteiger partial charge in [-0.25, -0.2) is 0 Å². The van der Waals surface area contributed by atoms with Crippen LogP contribution in [0.1, 0.15) is 30.1 Å². The zero-order chi connectivity index (χ0) is 15.6. The summed E-state index contributed by atoms with van der Waals surface area (Å²) in [6.07, 6.45) is 1.12. The lowest BCUT2D eigenvalue weighted by molar-refractivity contribution is -0.384. The molecule has 1 saturated heterocycles. The Morgan fingerprint density at radius 3 is 2.76 bits per heavy atom. The van der Waals surface area contributed by atoms with Crippen molar-refractivity contribution < 1.29 is 19.6 Å². The van der Waals surface area contributed by atoms with E-state index in [0.717, 1.165) is 0 Å². The standard InChI is InChI=1S/C14H16N2O5/c1-14(13(18)19)6-3-7-15(9-14)12(17)10-4-2-5-11(8-10)16(20)21/h2,4-5,8H,3,6-7,9H2,1H3,(H,18,19). The summed E-state index contributed by atoms with van der Waals surface area (Å²) in [5.74, 6) is -1.30. The second-order valence-electron chi connectivity index (χ2n) is 5.50. The van der Waals surface area contributed by atoms with Gasteiger partial charge in [0.05, 0.1) is 10.3 Å². The maximum atomic E-state index is 12.4. The predicted molar refractivity (Wildman–Crippen MR) is 74.0 cm³/mol. The third-order valence-electron chi connectivity index (χ3n) is 3.80. The number of piperidine rings is 1. The van der Waals surface area contributed by atoms with Gasteiger partial charge in [-0.15, -0.1) is 0 Å². The minimum absolute atomic E-state index is 0.115. The highest BCUT2D eigenvalue weighted by Gasteiger charge is 2.39. The SMILES string of the molecule is CC1(C(=O)O)CCCN(C(=O)c2cccc([N+](=O)[O-])c2)C1. The first-order valence-electron chi connectivity index (χ1n) is 6.61. The summed E-state index contributed by atoms with van der Waals surface area (Å²) < 4.78 is 0. The molecule has 1 atom stereocenters. The second-order valence-corrected chi connectivity index (χ2v) is 5.50. The molecule has 112 valence electrons. The van der Waals surface area contributed by atoms with Crippen LogP contribution in [0.4, 0.5) is 5.69 Å². The van der Waals surface area contributed by atoms with Gasteiger partial charge < -0.3 is 10.0 Å². The Morgan fingerprint density at radius 1 is 1.43 bits per heavy atom. The van der Waals surface area contributed by atoms with E-state index in [4.69, 9.17) is 0 Å². The average molecular weight is 292 g/mol. The number of carbonyl (C=O) groups is 2. The van der Waals surface area contributed by atoms with Gasteiger partial charge in [-0.1, -0.05) is 6.07 Å². The zero-order valence-corrected chi connectivity index (χ0v) is 11.6. The summed E-state index contributed by atoms with van der Waals surface area (Å²) >= 11 is 0. The first kappa shape index (κ1) is 15.0. The molecule has 0 bridgehead atoms. The van der Waals surface area contributed by atoms with E-state index >= 15 is 0 Å². The Hall–Kier alpha value is -2.44. The van der Waals surface area contributed by atoms with Crippen molar-refractivity contribution in [3.8, 4) is 0 Å². The summed E-state index contributed by atoms with van der Waals surface area (Å²) in [5, 5.41) is 20.0. The number of rotatable bonds is 3. The fourth-order valence-electron chi connectivity index (χ4n) is 2.52. The van der Waals surface area contributed by atoms with E-state index in [2.05, 4.69) is 0 Å². The number of nitro benzene ring substituents is 1. The molecule has 1 fully saturated rings. The van der Waals surface area contributed by atoms with E-state index < -0.39 is 16.3 Å². The molecule has 7 heteroatoms. The Kier molecular flexibility index (Phi) is 3.93. The topological polar surface area (TPSA) is 101 Å². The van der Waals surface area contributed by atoms with Crippen LogP contribution in [0, 0.1) is 15.5 Å². The summed E-state index contributed by atoms with van der Waals surface area (Å²) in [6, 6.07) is 5.48. The lowest BCUT2D eigenvalue weighted by atomic mass is 9.82. The van der Waals surface area contributed by atoms with Crippen LogP contribution in [0.5, 0.6) is 0 Å². The number of carboxylic acid groups (broad SMARTS) is 1. The van der Waals surface area contributed by atoms with Crippen molar-refractivity contribution >= 4 is 17.6 Å². The molecule has 1 aliphatic heterocycles. The van der Waals surface area contributed by atoms with Crippen molar-refractivity contribution in [2.45, 2.75) is 19.8 Å². The van der Waals surface area contributed by atoms with Crippen LogP contribution in [-0.4, -0.2) is 39.9 Å². The van der Waals surface area contributed by atoms with Crippen LogP contribution in [-0.2, 0) is 4.79 Å². The normalized spacial score (nSPS) is 21.9. The van der Waals surface area contributed by atoms with Gasteiger partial charge in [0, 0.05) is 30.8 Å². The maximum absolute atomic E-state index is 12.4. The molecular weight excluding hydrogens is 276 g/mol. The molecule has 1 unspecified atom stereocenters. The van der Waals surface area contributed by atoms with Gasteiger partial charge in [-0.3, -0.25) is 19.7 Å². The monoisotopic (exact) mass is 292 g/mol. The summed E-state index contributed by atoms with van der Waals surface area (Å²) in [4.78, 5) is 35.3. The maximum Gasteiger partial charge on any atom is 0.311 e. The van der Waals surface area contributed by atoms with Crippen LogP contribution in [0.2, 0.25) is 0 Å². The van der Waals surface area contributed by atoms with E-state index in [1.54, 1.807) is 6.92 Å². The second kappa shape index (κ2) is 5.51. The highest BCUT2D eigenvalue weighted by molar-refractivity contribution is 5.95. The average Bonchev–Trinajstić information content (AvgIpc) is 2.46. The van der Waals surface area contributed by atoms with E-state index in [1.807, 2.05) is 0 Å². The molecule has 1 amide bonds. The first-order chi connectivity index (χ1) is 9.83. The van der Waals surface area contributed by atoms with Gasteiger partial charge in [-0.2, -0.15) is 0 Å². The van der Waals surface area contributed by atoms with Crippen molar-refractivity contribution in [2.24, 2.45) is 5.41 Å². The molecule has 0 radical (unpaired) electrons. The predicted octanol–water partition coefficient (Wildman–Crippen LogP) is 1.92. The van der Waals surface area contributed by atoms with Crippen LogP contribution >= 0.6 is 0 Å². The smallest absolute Gasteiger partial charge is 0.311 e. The minimum atomic E-state index is -0.964. The van der Waals surface area contributed by atoms with Gasteiger partial charge in [0.15, 0.2) is 0 Å². The number of aliphatic carboxylic acids is 1. The Morgan fingerprint density at radius 2 is 2.14 bits per heavy atom. The van der Waals surface area contributed by atoms with Gasteiger partial charge in [0.1, 0.15) is 0 Å². The van der Waals surface area contributed by atoms with Gasteiger partial charge in [-0.05, 0) is 25.8 Å². The molecule has 1 N–H and O–H groups in total. The molecule has 1 aliphatic rings. The quantitative estimate of drug-likeness (QED) is 0.677. The van der Waals surface area contributed by atoms with Crippen LogP contribution in [0.15, 0.2) is 24.3 Å². The lowest BCUT2D eigenvalue weighted by Crippen LogP contribution is -2.48. The Labute approximate surface area is 121 Å². The number of carboxylic acids is 1. The Bertz CT molecular complexity index is 601. The molecule has 1 aromatic rings. The van der Waals surface area contributed by atoms with Crippen LogP contribution in [0.25, 0.3) is 0 Å². The number of carbonyl (C=O) groups excluding carboxylic acids is 1. The fraction of sp³-hybridized carbons (Fsp3) is 0.429. The van der Waals surface area contributed by atoms with Crippen LogP contribution < -0.4 is 0 Å². The van der Waals surface area contributed by atoms with Crippen molar-refractivity contribution in [2.75, 3.05) is 13.1 Å². The number of nitro groups is 1. The highest BCUT2D eigenvalue weighted by atomic mass is 16.6. The third kappa shape index (κ3) is 3.01. The molecule has 0 saturated carbocycles. The Balaban J connectivity index is 2.22. The number of hydrogen-bond donors (Lipinski definition) is 1. The summed E-state index contributed by atoms with van der Waals surface area (Å²) in [7, 11) is 0. The van der Waals surface area contributed by atoms with Gasteiger partial charge in [0.25, 0.3) is 11.6 Å². The number of benzene rings is 1. The lowest BCUT2D eigenvalue weighted by Gasteiger charge is -2.37. The van der Waals surface area contributed by atoms with E-state index in [1.165, 1.54) is 29.2 Å². The van der Waals surface area contributed by atoms with Crippen molar-refractivity contribution in [3.05, 3.63) is 39.9 Å². The van der Waals surface area contributed by atoms with E-state index in [-0.39, 0.29) is 23.7 Å². The van der Waals surface area contributed by atoms with Crippen molar-refractivity contribution in [1.82, 2.24) is 4.90 Å². The molecule has 0 aliphatic carbocycles. The van der Waals surface area contributed by atoms with E-state index in [9.17, 15) is 24.8 Å². The molecule has 2 rings (SSSR count). The number of non-ortho nitro benzene ring substituents is 1. The van der Waals surface area contributed by atoms with Gasteiger partial charge >= 0.3 is 5.97 Å². The number of amides is 1. The molecule has 1 aromatic carbocycles. The molecule has 1 heterocycles. The fourth-order valence-corrected chi connectivity index (χ4v) is 2.52. The number of hydrogen-bond acceptors (Lipinski definition) is 4. The molecule has 0 aromatic heterocycles. The van der Waals surface area contributed by atoms with Crippen molar-refractivity contribution in [3.63, 3.8) is 0 Å². The van der Waals surface area contributed by atoms with Gasteiger partial charge in [0.2, 0.25) is 0 Å². The minimum Gasteiger partial charge on any atom is -0.481 e. The van der Waals surface area contributed by atoms with E-state index in [0.29, 0.717) is 19.4 Å². The summed E-state index contributed by atoms with van der Waals surface area (Å²) in [6.45, 7) is 2.19. The number of nitrogens with zero attached hydrogens (tertiary/aromatic N) is 2. The first-order valence-corrected chi connectivity index (χ1v) is 6.61. The van der Waals surface area contributed by atoms with Crippen LogP contribution in [0.3, 0.4) is 0 Å². The zero-order valence-electron chi connectivity index (χ0n) is 11.6. The third-order valence-corrected chi connectivity index (χ3v) is 3.80. The molecule has 7 nitrogen and oxygen atoms in total. The highest BCUT2D eigenvalue weighted by Crippen LogP contribution is 2.30. The largest absolute Gasteiger partial charge is 0.481 e. The molecule has 0 spiro atoms. The van der Waals surface area contributed by atoms with Crippen molar-refractivity contribution in [1.29, 1.82) is 0 Å². The molecular formula is C14H16N2O5.